The van der Waals surface area contributed by atoms with Crippen molar-refractivity contribution < 1.29 is 9.47 Å². The Bertz CT molecular complexity index is 600. The summed E-state index contributed by atoms with van der Waals surface area (Å²) in [6, 6.07) is 7.82. The Labute approximate surface area is 163 Å². The number of likely N-dealkylation sites (tertiary alicyclic amines) is 1. The molecule has 1 saturated heterocycles. The highest BCUT2D eigenvalue weighted by Gasteiger charge is 2.21. The number of hydrogen-bond acceptors (Lipinski definition) is 4. The van der Waals surface area contributed by atoms with Gasteiger partial charge in [-0.3, -0.25) is 4.99 Å². The first-order valence-electron chi connectivity index (χ1n) is 10.4. The van der Waals surface area contributed by atoms with Gasteiger partial charge in [-0.1, -0.05) is 19.1 Å². The third-order valence-electron chi connectivity index (χ3n) is 5.16. The molecule has 2 heterocycles. The third kappa shape index (κ3) is 6.03. The summed E-state index contributed by atoms with van der Waals surface area (Å²) in [6.45, 7) is 11.0. The average Bonchev–Trinajstić information content (AvgIpc) is 2.71. The summed E-state index contributed by atoms with van der Waals surface area (Å²) in [6.07, 6.45) is 3.73. The van der Waals surface area contributed by atoms with Gasteiger partial charge in [0.1, 0.15) is 12.7 Å². The van der Waals surface area contributed by atoms with Crippen molar-refractivity contribution in [3.8, 4) is 11.5 Å². The zero-order valence-electron chi connectivity index (χ0n) is 16.7. The third-order valence-corrected chi connectivity index (χ3v) is 5.16. The van der Waals surface area contributed by atoms with Crippen molar-refractivity contribution in [1.29, 1.82) is 0 Å². The van der Waals surface area contributed by atoms with Crippen molar-refractivity contribution in [3.63, 3.8) is 0 Å². The van der Waals surface area contributed by atoms with Gasteiger partial charge in [0.15, 0.2) is 17.5 Å². The highest BCUT2D eigenvalue weighted by atomic mass is 16.6. The molecule has 0 bridgehead atoms. The van der Waals surface area contributed by atoms with E-state index in [1.807, 2.05) is 24.3 Å². The standard InChI is InChI=1S/C21H34N4O2/c1-3-11-25-12-9-17(10-13-25)14-23-21(22-4-2)24-15-18-16-26-19-7-5-6-8-20(19)27-18/h5-8,17-18H,3-4,9-16H2,1-2H3,(H2,22,23,24). The van der Waals surface area contributed by atoms with Gasteiger partial charge in [0.25, 0.3) is 0 Å². The Kier molecular flexibility index (Phi) is 7.63. The van der Waals surface area contributed by atoms with Gasteiger partial charge in [0.2, 0.25) is 0 Å². The molecule has 1 aromatic carbocycles. The molecule has 6 nitrogen and oxygen atoms in total. The van der Waals surface area contributed by atoms with E-state index in [4.69, 9.17) is 14.5 Å². The van der Waals surface area contributed by atoms with Gasteiger partial charge in [-0.2, -0.15) is 0 Å². The monoisotopic (exact) mass is 374 g/mol. The van der Waals surface area contributed by atoms with Crippen LogP contribution in [0.15, 0.2) is 29.3 Å². The number of rotatable bonds is 7. The highest BCUT2D eigenvalue weighted by molar-refractivity contribution is 5.79. The predicted molar refractivity (Wildman–Crippen MR) is 110 cm³/mol. The zero-order chi connectivity index (χ0) is 18.9. The molecule has 0 radical (unpaired) electrons. The second-order valence-electron chi connectivity index (χ2n) is 7.38. The second-order valence-corrected chi connectivity index (χ2v) is 7.38. The lowest BCUT2D eigenvalue weighted by Crippen LogP contribution is -2.45. The van der Waals surface area contributed by atoms with Crippen LogP contribution in [0.25, 0.3) is 0 Å². The molecule has 0 spiro atoms. The van der Waals surface area contributed by atoms with Crippen LogP contribution in [0.4, 0.5) is 0 Å². The minimum Gasteiger partial charge on any atom is -0.486 e. The Morgan fingerprint density at radius 3 is 2.67 bits per heavy atom. The SMILES string of the molecule is CCCN1CCC(CN=C(NCC)NCC2COc3ccccc3O2)CC1. The fourth-order valence-corrected chi connectivity index (χ4v) is 3.65. The normalized spacial score (nSPS) is 21.1. The molecule has 1 unspecified atom stereocenters. The van der Waals surface area contributed by atoms with Crippen LogP contribution in [0.1, 0.15) is 33.1 Å². The summed E-state index contributed by atoms with van der Waals surface area (Å²) in [5, 5.41) is 6.76. The molecule has 27 heavy (non-hydrogen) atoms. The van der Waals surface area contributed by atoms with Crippen LogP contribution in [0, 0.1) is 5.92 Å². The smallest absolute Gasteiger partial charge is 0.191 e. The molecule has 150 valence electrons. The fourth-order valence-electron chi connectivity index (χ4n) is 3.65. The molecule has 1 atom stereocenters. The van der Waals surface area contributed by atoms with E-state index in [2.05, 4.69) is 29.4 Å². The van der Waals surface area contributed by atoms with Crippen LogP contribution >= 0.6 is 0 Å². The van der Waals surface area contributed by atoms with Gasteiger partial charge in [-0.05, 0) is 63.9 Å². The lowest BCUT2D eigenvalue weighted by atomic mass is 9.97. The van der Waals surface area contributed by atoms with Gasteiger partial charge in [-0.25, -0.2) is 0 Å². The molecule has 6 heteroatoms. The number of fused-ring (bicyclic) bond motifs is 1. The van der Waals surface area contributed by atoms with Gasteiger partial charge < -0.3 is 25.0 Å². The molecule has 0 aliphatic carbocycles. The van der Waals surface area contributed by atoms with Crippen LogP contribution in [0.5, 0.6) is 11.5 Å². The average molecular weight is 375 g/mol. The van der Waals surface area contributed by atoms with Crippen LogP contribution in [-0.4, -0.2) is 62.8 Å². The van der Waals surface area contributed by atoms with Crippen molar-refractivity contribution in [3.05, 3.63) is 24.3 Å². The molecule has 2 aliphatic heterocycles. The van der Waals surface area contributed by atoms with Crippen molar-refractivity contribution in [2.24, 2.45) is 10.9 Å². The molecule has 1 aromatic rings. The molecule has 0 amide bonds. The number of piperidine rings is 1. The van der Waals surface area contributed by atoms with Crippen LogP contribution < -0.4 is 20.1 Å². The quantitative estimate of drug-likeness (QED) is 0.567. The molecule has 0 saturated carbocycles. The Balaban J connectivity index is 1.44. The Hall–Kier alpha value is -1.95. The number of aliphatic imine (C=N–C) groups is 1. The summed E-state index contributed by atoms with van der Waals surface area (Å²) < 4.78 is 11.8. The fraction of sp³-hybridized carbons (Fsp3) is 0.667. The largest absolute Gasteiger partial charge is 0.486 e. The number of nitrogens with one attached hydrogen (secondary N) is 2. The van der Waals surface area contributed by atoms with Crippen LogP contribution in [0.2, 0.25) is 0 Å². The number of ether oxygens (including phenoxy) is 2. The zero-order valence-corrected chi connectivity index (χ0v) is 16.7. The first-order valence-corrected chi connectivity index (χ1v) is 10.4. The van der Waals surface area contributed by atoms with E-state index in [-0.39, 0.29) is 6.10 Å². The maximum Gasteiger partial charge on any atom is 0.191 e. The van der Waals surface area contributed by atoms with E-state index in [9.17, 15) is 0 Å². The van der Waals surface area contributed by atoms with Gasteiger partial charge >= 0.3 is 0 Å². The van der Waals surface area contributed by atoms with E-state index in [0.717, 1.165) is 30.5 Å². The number of benzene rings is 1. The lowest BCUT2D eigenvalue weighted by Gasteiger charge is -2.31. The van der Waals surface area contributed by atoms with E-state index in [1.54, 1.807) is 0 Å². The summed E-state index contributed by atoms with van der Waals surface area (Å²) in [4.78, 5) is 7.39. The number of guanidine groups is 1. The highest BCUT2D eigenvalue weighted by Crippen LogP contribution is 2.30. The number of para-hydroxylation sites is 2. The number of hydrogen-bond donors (Lipinski definition) is 2. The molecule has 3 rings (SSSR count). The second kappa shape index (κ2) is 10.4. The van der Waals surface area contributed by atoms with Crippen molar-refractivity contribution in [2.45, 2.75) is 39.2 Å². The molecule has 1 fully saturated rings. The summed E-state index contributed by atoms with van der Waals surface area (Å²) in [7, 11) is 0. The van der Waals surface area contributed by atoms with Gasteiger partial charge in [0.05, 0.1) is 6.54 Å². The topological polar surface area (TPSA) is 58.1 Å². The van der Waals surface area contributed by atoms with E-state index in [0.29, 0.717) is 19.1 Å². The van der Waals surface area contributed by atoms with Crippen molar-refractivity contribution in [2.75, 3.05) is 45.9 Å². The molecule has 2 N–H and O–H groups in total. The minimum atomic E-state index is -0.0129. The predicted octanol–water partition coefficient (Wildman–Crippen LogP) is 2.50. The van der Waals surface area contributed by atoms with Crippen molar-refractivity contribution >= 4 is 5.96 Å². The van der Waals surface area contributed by atoms with Crippen LogP contribution in [-0.2, 0) is 0 Å². The minimum absolute atomic E-state index is 0.0129. The van der Waals surface area contributed by atoms with E-state index < -0.39 is 0 Å². The molecule has 2 aliphatic rings. The summed E-state index contributed by atoms with van der Waals surface area (Å²) >= 11 is 0. The summed E-state index contributed by atoms with van der Waals surface area (Å²) in [5.74, 6) is 3.20. The summed E-state index contributed by atoms with van der Waals surface area (Å²) in [5.41, 5.74) is 0. The molecule has 0 aromatic heterocycles. The van der Waals surface area contributed by atoms with Gasteiger partial charge in [0, 0.05) is 13.1 Å². The Morgan fingerprint density at radius 2 is 1.93 bits per heavy atom. The van der Waals surface area contributed by atoms with E-state index in [1.165, 1.54) is 38.9 Å². The number of nitrogens with zero attached hydrogens (tertiary/aromatic N) is 2. The lowest BCUT2D eigenvalue weighted by molar-refractivity contribution is 0.0936. The van der Waals surface area contributed by atoms with Gasteiger partial charge in [-0.15, -0.1) is 0 Å². The van der Waals surface area contributed by atoms with Crippen molar-refractivity contribution in [1.82, 2.24) is 15.5 Å². The van der Waals surface area contributed by atoms with E-state index >= 15 is 0 Å². The molecular weight excluding hydrogens is 340 g/mol. The van der Waals surface area contributed by atoms with Crippen LogP contribution in [0.3, 0.4) is 0 Å². The Morgan fingerprint density at radius 1 is 1.15 bits per heavy atom. The maximum absolute atomic E-state index is 6.01. The maximum atomic E-state index is 6.01. The first kappa shape index (κ1) is 19.8. The first-order chi connectivity index (χ1) is 13.3. The molecular formula is C21H34N4O2.